The van der Waals surface area contributed by atoms with Crippen molar-refractivity contribution in [2.24, 2.45) is 5.92 Å². The van der Waals surface area contributed by atoms with Gasteiger partial charge in [-0.3, -0.25) is 4.90 Å². The Bertz CT molecular complexity index is 603. The molecule has 1 aliphatic heterocycles. The van der Waals surface area contributed by atoms with Gasteiger partial charge in [-0.25, -0.2) is 9.97 Å². The lowest BCUT2D eigenvalue weighted by atomic mass is 9.97. The Labute approximate surface area is 129 Å². The Balaban J connectivity index is 1.61. The highest BCUT2D eigenvalue weighted by molar-refractivity contribution is 7.16. The summed E-state index contributed by atoms with van der Waals surface area (Å²) in [6.45, 7) is 4.30. The van der Waals surface area contributed by atoms with Crippen molar-refractivity contribution in [1.82, 2.24) is 19.8 Å². The van der Waals surface area contributed by atoms with E-state index < -0.39 is 0 Å². The normalized spacial score (nSPS) is 17.9. The van der Waals surface area contributed by atoms with Gasteiger partial charge < -0.3 is 10.6 Å². The minimum atomic E-state index is 0.601. The van der Waals surface area contributed by atoms with Gasteiger partial charge in [0.25, 0.3) is 0 Å². The fourth-order valence-electron chi connectivity index (χ4n) is 2.99. The van der Waals surface area contributed by atoms with Crippen LogP contribution in [0.4, 0.5) is 5.82 Å². The van der Waals surface area contributed by atoms with Crippen LogP contribution in [0.5, 0.6) is 0 Å². The first-order valence-electron chi connectivity index (χ1n) is 7.48. The molecule has 2 N–H and O–H groups in total. The van der Waals surface area contributed by atoms with E-state index in [0.29, 0.717) is 5.82 Å². The minimum absolute atomic E-state index is 0.601. The fourth-order valence-corrected chi connectivity index (χ4v) is 3.78. The number of hydrogen-bond donors (Lipinski definition) is 1. The molecular weight excluding hydrogens is 282 g/mol. The zero-order chi connectivity index (χ0) is 14.8. The molecule has 0 atom stereocenters. The predicted molar refractivity (Wildman–Crippen MR) is 88.4 cm³/mol. The van der Waals surface area contributed by atoms with Crippen molar-refractivity contribution < 1.29 is 0 Å². The Hall–Kier alpha value is -1.24. The maximum Gasteiger partial charge on any atom is 0.146 e. The molecule has 5 nitrogen and oxygen atoms in total. The average Bonchev–Trinajstić information content (AvgIpc) is 2.90. The lowest BCUT2D eigenvalue weighted by Crippen LogP contribution is -2.35. The second-order valence-electron chi connectivity index (χ2n) is 6.11. The van der Waals surface area contributed by atoms with Crippen LogP contribution >= 0.6 is 11.3 Å². The first kappa shape index (κ1) is 14.7. The van der Waals surface area contributed by atoms with Gasteiger partial charge >= 0.3 is 0 Å². The SMILES string of the molecule is CN1CCC(CN(C)Cc2nc(N)c3ccsc3n2)CC1. The van der Waals surface area contributed by atoms with E-state index in [1.165, 1.54) is 25.9 Å². The lowest BCUT2D eigenvalue weighted by Gasteiger charge is -2.31. The van der Waals surface area contributed by atoms with Gasteiger partial charge in [-0.2, -0.15) is 0 Å². The quantitative estimate of drug-likeness (QED) is 0.937. The molecule has 114 valence electrons. The van der Waals surface area contributed by atoms with E-state index in [-0.39, 0.29) is 0 Å². The summed E-state index contributed by atoms with van der Waals surface area (Å²) in [5.74, 6) is 2.22. The smallest absolute Gasteiger partial charge is 0.146 e. The molecule has 6 heteroatoms. The van der Waals surface area contributed by atoms with Crippen LogP contribution in [0, 0.1) is 5.92 Å². The highest BCUT2D eigenvalue weighted by Gasteiger charge is 2.18. The Kier molecular flexibility index (Phi) is 4.37. The molecule has 2 aromatic rings. The summed E-state index contributed by atoms with van der Waals surface area (Å²) < 4.78 is 0. The second kappa shape index (κ2) is 6.25. The summed E-state index contributed by atoms with van der Waals surface area (Å²) in [4.78, 5) is 14.8. The van der Waals surface area contributed by atoms with E-state index in [1.54, 1.807) is 11.3 Å². The van der Waals surface area contributed by atoms with Crippen molar-refractivity contribution in [2.45, 2.75) is 19.4 Å². The van der Waals surface area contributed by atoms with Crippen LogP contribution in [0.25, 0.3) is 10.2 Å². The molecular formula is C15H23N5S. The van der Waals surface area contributed by atoms with Gasteiger partial charge in [-0.1, -0.05) is 0 Å². The first-order valence-corrected chi connectivity index (χ1v) is 8.36. The van der Waals surface area contributed by atoms with E-state index in [1.807, 2.05) is 11.4 Å². The van der Waals surface area contributed by atoms with Gasteiger partial charge in [0.2, 0.25) is 0 Å². The average molecular weight is 305 g/mol. The summed E-state index contributed by atoms with van der Waals surface area (Å²) in [6, 6.07) is 1.99. The molecule has 1 saturated heterocycles. The van der Waals surface area contributed by atoms with E-state index in [0.717, 1.165) is 35.0 Å². The minimum Gasteiger partial charge on any atom is -0.383 e. The maximum atomic E-state index is 6.01. The number of thiophene rings is 1. The van der Waals surface area contributed by atoms with Crippen LogP contribution in [0.1, 0.15) is 18.7 Å². The molecule has 0 radical (unpaired) electrons. The van der Waals surface area contributed by atoms with E-state index >= 15 is 0 Å². The monoisotopic (exact) mass is 305 g/mol. The van der Waals surface area contributed by atoms with Gasteiger partial charge in [0.1, 0.15) is 16.5 Å². The summed E-state index contributed by atoms with van der Waals surface area (Å²) >= 11 is 1.62. The van der Waals surface area contributed by atoms with E-state index in [2.05, 4.69) is 33.9 Å². The van der Waals surface area contributed by atoms with Crippen LogP contribution < -0.4 is 5.73 Å². The van der Waals surface area contributed by atoms with Gasteiger partial charge in [0, 0.05) is 6.54 Å². The van der Waals surface area contributed by atoms with Gasteiger partial charge in [0.15, 0.2) is 0 Å². The Morgan fingerprint density at radius 1 is 1.38 bits per heavy atom. The van der Waals surface area contributed by atoms with Crippen molar-refractivity contribution in [3.63, 3.8) is 0 Å². The summed E-state index contributed by atoms with van der Waals surface area (Å²) in [6.07, 6.45) is 2.57. The third kappa shape index (κ3) is 3.51. The number of aromatic nitrogens is 2. The molecule has 0 unspecified atom stereocenters. The highest BCUT2D eigenvalue weighted by atomic mass is 32.1. The maximum absolute atomic E-state index is 6.01. The van der Waals surface area contributed by atoms with Crippen LogP contribution in [-0.2, 0) is 6.54 Å². The topological polar surface area (TPSA) is 58.3 Å². The number of nitrogen functional groups attached to an aromatic ring is 1. The molecule has 0 bridgehead atoms. The number of fused-ring (bicyclic) bond motifs is 1. The first-order chi connectivity index (χ1) is 10.1. The van der Waals surface area contributed by atoms with Crippen molar-refractivity contribution in [3.05, 3.63) is 17.3 Å². The van der Waals surface area contributed by atoms with Crippen molar-refractivity contribution in [3.8, 4) is 0 Å². The molecule has 0 spiro atoms. The molecule has 21 heavy (non-hydrogen) atoms. The lowest BCUT2D eigenvalue weighted by molar-refractivity contribution is 0.172. The molecule has 3 rings (SSSR count). The Morgan fingerprint density at radius 2 is 2.14 bits per heavy atom. The zero-order valence-electron chi connectivity index (χ0n) is 12.7. The molecule has 3 heterocycles. The number of likely N-dealkylation sites (tertiary alicyclic amines) is 1. The van der Waals surface area contributed by atoms with E-state index in [4.69, 9.17) is 5.73 Å². The molecule has 0 amide bonds. The highest BCUT2D eigenvalue weighted by Crippen LogP contribution is 2.23. The van der Waals surface area contributed by atoms with Gasteiger partial charge in [-0.05, 0) is 57.4 Å². The number of piperidine rings is 1. The molecule has 1 aliphatic rings. The van der Waals surface area contributed by atoms with Gasteiger partial charge in [0.05, 0.1) is 11.9 Å². The molecule has 2 aromatic heterocycles. The summed E-state index contributed by atoms with van der Waals surface area (Å²) in [5, 5.41) is 2.99. The third-order valence-corrected chi connectivity index (χ3v) is 5.03. The number of anilines is 1. The Morgan fingerprint density at radius 3 is 2.90 bits per heavy atom. The fraction of sp³-hybridized carbons (Fsp3) is 0.600. The molecule has 0 aliphatic carbocycles. The van der Waals surface area contributed by atoms with E-state index in [9.17, 15) is 0 Å². The third-order valence-electron chi connectivity index (χ3n) is 4.22. The number of hydrogen-bond acceptors (Lipinski definition) is 6. The van der Waals surface area contributed by atoms with Crippen LogP contribution in [-0.4, -0.2) is 53.5 Å². The predicted octanol–water partition coefficient (Wildman–Crippen LogP) is 2.05. The number of rotatable bonds is 4. The largest absolute Gasteiger partial charge is 0.383 e. The van der Waals surface area contributed by atoms with Crippen molar-refractivity contribution in [1.29, 1.82) is 0 Å². The van der Waals surface area contributed by atoms with Crippen molar-refractivity contribution >= 4 is 27.4 Å². The molecule has 0 saturated carbocycles. The standard InChI is InChI=1S/C15H23N5S/c1-19-6-3-11(4-7-19)9-20(2)10-13-17-14(16)12-5-8-21-15(12)18-13/h5,8,11H,3-4,6-7,9-10H2,1-2H3,(H2,16,17,18). The van der Waals surface area contributed by atoms with Crippen LogP contribution in [0.15, 0.2) is 11.4 Å². The van der Waals surface area contributed by atoms with Crippen LogP contribution in [0.3, 0.4) is 0 Å². The summed E-state index contributed by atoms with van der Waals surface area (Å²) in [7, 11) is 4.35. The van der Waals surface area contributed by atoms with Gasteiger partial charge in [-0.15, -0.1) is 11.3 Å². The number of nitrogens with zero attached hydrogens (tertiary/aromatic N) is 4. The van der Waals surface area contributed by atoms with Crippen LogP contribution in [0.2, 0.25) is 0 Å². The van der Waals surface area contributed by atoms with Crippen molar-refractivity contribution in [2.75, 3.05) is 39.5 Å². The number of nitrogens with two attached hydrogens (primary N) is 1. The molecule has 1 fully saturated rings. The second-order valence-corrected chi connectivity index (χ2v) is 7.00. The molecule has 0 aromatic carbocycles. The zero-order valence-corrected chi connectivity index (χ0v) is 13.6. The summed E-state index contributed by atoms with van der Waals surface area (Å²) in [5.41, 5.74) is 6.01.